The van der Waals surface area contributed by atoms with Crippen molar-refractivity contribution < 1.29 is 76.6 Å². The van der Waals surface area contributed by atoms with Crippen molar-refractivity contribution >= 4 is 93.2 Å². The van der Waals surface area contributed by atoms with Gasteiger partial charge in [-0.05, 0) is 108 Å². The SMILES string of the molecule is CC(C)C[C@H](NC(=O)CCC(=O)[C@H](Cc1ccccc1)N(C)C(=O)[C@H](C)CC(=O)[C@H](Cc1ccccc1)NC(=O)OC(C)(C)C)C(=O)C[C@@H](C)C(=O)N[C@H](C(=O)C[C@@H](Cc1ccccc1)C(=O)N[C@@H](CC(=O)SCc1ccccc1)C(=O)N(C)[C@@H](C)C(=O)N[C@@H](COC(C)(C)C)C(=O)CCC(N)=O)C(C)C. The molecule has 0 bridgehead atoms. The van der Waals surface area contributed by atoms with Crippen LogP contribution < -0.4 is 32.3 Å². The summed E-state index contributed by atoms with van der Waals surface area (Å²) >= 11 is 0.914. The minimum atomic E-state index is -1.58. The quantitative estimate of drug-likeness (QED) is 0.0241. The second-order valence-electron chi connectivity index (χ2n) is 30.1. The van der Waals surface area contributed by atoms with E-state index in [-0.39, 0.29) is 82.5 Å². The van der Waals surface area contributed by atoms with Crippen LogP contribution >= 0.6 is 11.8 Å². The lowest BCUT2D eigenvalue weighted by Gasteiger charge is -2.31. The highest BCUT2D eigenvalue weighted by atomic mass is 32.2. The third kappa shape index (κ3) is 32.2. The lowest BCUT2D eigenvalue weighted by Crippen LogP contribution is -2.57. The smallest absolute Gasteiger partial charge is 0.408 e. The van der Waals surface area contributed by atoms with Crippen molar-refractivity contribution in [2.75, 3.05) is 20.7 Å². The minimum absolute atomic E-state index is 0.0313. The van der Waals surface area contributed by atoms with Crippen LogP contribution in [0, 0.1) is 29.6 Å². The highest BCUT2D eigenvalue weighted by Crippen LogP contribution is 2.24. The van der Waals surface area contributed by atoms with Crippen LogP contribution in [-0.4, -0.2) is 165 Å². The average molecular weight is 1490 g/mol. The minimum Gasteiger partial charge on any atom is -0.444 e. The fourth-order valence-corrected chi connectivity index (χ4v) is 12.4. The Morgan fingerprint density at radius 2 is 0.953 bits per heavy atom. The molecule has 4 aromatic carbocycles. The van der Waals surface area contributed by atoms with Gasteiger partial charge in [0.25, 0.3) is 0 Å². The predicted octanol–water partition coefficient (Wildman–Crippen LogP) is 8.54. The van der Waals surface area contributed by atoms with Crippen LogP contribution in [0.2, 0.25) is 0 Å². The molecule has 0 aromatic heterocycles. The number of ether oxygens (including phenoxy) is 2. The maximum atomic E-state index is 14.9. The van der Waals surface area contributed by atoms with Crippen molar-refractivity contribution in [1.82, 2.24) is 36.4 Å². The number of hydrogen-bond acceptors (Lipinski definition) is 17. The molecule has 0 aliphatic carbocycles. The summed E-state index contributed by atoms with van der Waals surface area (Å²) in [5, 5.41) is 13.2. The zero-order valence-corrected chi connectivity index (χ0v) is 65.1. The Hall–Kier alpha value is -9.23. The van der Waals surface area contributed by atoms with Gasteiger partial charge in [-0.25, -0.2) is 4.79 Å². The summed E-state index contributed by atoms with van der Waals surface area (Å²) in [6.45, 7) is 21.6. The first-order valence-corrected chi connectivity index (χ1v) is 37.3. The van der Waals surface area contributed by atoms with Gasteiger partial charge in [0.15, 0.2) is 34.0 Å². The second kappa shape index (κ2) is 43.4. The summed E-state index contributed by atoms with van der Waals surface area (Å²) in [6.07, 6.45) is -3.37. The number of carbonyl (C=O) groups is 14. The maximum Gasteiger partial charge on any atom is 0.408 e. The van der Waals surface area contributed by atoms with E-state index in [9.17, 15) is 67.1 Å². The summed E-state index contributed by atoms with van der Waals surface area (Å²) in [6, 6.07) is 27.4. The fourth-order valence-electron chi connectivity index (χ4n) is 11.6. The highest BCUT2D eigenvalue weighted by Gasteiger charge is 2.39. The number of nitrogens with one attached hydrogen (secondary N) is 5. The molecule has 0 fully saturated rings. The lowest BCUT2D eigenvalue weighted by atomic mass is 9.87. The van der Waals surface area contributed by atoms with Crippen LogP contribution in [0.4, 0.5) is 4.79 Å². The van der Waals surface area contributed by atoms with Gasteiger partial charge in [0.2, 0.25) is 41.4 Å². The van der Waals surface area contributed by atoms with Crippen LogP contribution in [0.1, 0.15) is 170 Å². The van der Waals surface area contributed by atoms with Crippen molar-refractivity contribution in [2.45, 2.75) is 226 Å². The van der Waals surface area contributed by atoms with Crippen LogP contribution in [0.3, 0.4) is 0 Å². The van der Waals surface area contributed by atoms with Crippen molar-refractivity contribution in [3.05, 3.63) is 144 Å². The molecule has 0 saturated heterocycles. The number of nitrogens with zero attached hydrogens (tertiary/aromatic N) is 2. The van der Waals surface area contributed by atoms with Crippen molar-refractivity contribution in [3.8, 4) is 0 Å². The molecule has 106 heavy (non-hydrogen) atoms. The first-order chi connectivity index (χ1) is 49.7. The van der Waals surface area contributed by atoms with E-state index < -0.39 is 171 Å². The van der Waals surface area contributed by atoms with E-state index in [1.54, 1.807) is 135 Å². The van der Waals surface area contributed by atoms with E-state index in [1.165, 1.54) is 32.8 Å². The number of nitrogens with two attached hydrogens (primary N) is 1. The molecule has 4 rings (SSSR count). The van der Waals surface area contributed by atoms with Gasteiger partial charge in [-0.1, -0.05) is 175 Å². The standard InChI is InChI=1S/C81H112N8O16S/c1-50(2)40-60(83-71(96)39-37-66(91)64(45-57-32-24-18-25-33-57)89(15)77(101)53(6)42-68(93)61(44-56-30-22-17-23-31-56)86-79(103)105-81(11,12)13)67(92)41-52(5)74(98)87-73(51(3)4)69(94)46-59(43-55-28-20-16-21-29-55)76(100)84-62(47-72(97)106-49-58-34-26-19-27-35-58)78(102)88(14)54(7)75(99)85-63(48-104-80(8,9)10)65(90)36-38-70(82)95/h16-35,50-54,59-64,73H,36-49H2,1-15H3,(H2,82,95)(H,83,96)(H,84,100)(H,85,99)(H,86,103)(H,87,98)/t52-,53-,54+,59-,60+,61+,62+,63+,64+,73+/m1/s1. The number of carbonyl (C=O) groups excluding carboxylic acids is 14. The molecule has 7 N–H and O–H groups in total. The molecule has 25 heteroatoms. The Morgan fingerprint density at radius 1 is 0.453 bits per heavy atom. The van der Waals surface area contributed by atoms with Gasteiger partial charge in [-0.15, -0.1) is 0 Å². The van der Waals surface area contributed by atoms with Crippen LogP contribution in [0.5, 0.6) is 0 Å². The zero-order valence-electron chi connectivity index (χ0n) is 64.3. The summed E-state index contributed by atoms with van der Waals surface area (Å²) in [7, 11) is 2.77. The molecule has 0 aliphatic rings. The molecule has 578 valence electrons. The van der Waals surface area contributed by atoms with E-state index in [2.05, 4.69) is 26.6 Å². The van der Waals surface area contributed by atoms with E-state index >= 15 is 0 Å². The monoisotopic (exact) mass is 1480 g/mol. The van der Waals surface area contributed by atoms with E-state index in [0.29, 0.717) is 5.56 Å². The molecule has 10 atom stereocenters. The number of rotatable bonds is 44. The summed E-state index contributed by atoms with van der Waals surface area (Å²) in [5.41, 5.74) is 6.69. The molecule has 0 radical (unpaired) electrons. The number of hydrogen-bond donors (Lipinski definition) is 6. The molecule has 0 aliphatic heterocycles. The number of amides is 8. The average Bonchev–Trinajstić information content (AvgIpc) is 0.842. The topological polar surface area (TPSA) is 350 Å². The predicted molar refractivity (Wildman–Crippen MR) is 406 cm³/mol. The summed E-state index contributed by atoms with van der Waals surface area (Å²) < 4.78 is 11.3. The number of benzene rings is 4. The van der Waals surface area contributed by atoms with Gasteiger partial charge in [-0.3, -0.25) is 62.3 Å². The molecular weight excluding hydrogens is 1370 g/mol. The van der Waals surface area contributed by atoms with Gasteiger partial charge >= 0.3 is 6.09 Å². The molecule has 0 spiro atoms. The number of ketones is 5. The van der Waals surface area contributed by atoms with E-state index in [0.717, 1.165) is 33.4 Å². The Balaban J connectivity index is 1.51. The summed E-state index contributed by atoms with van der Waals surface area (Å²) in [5.74, 6) is -11.1. The first kappa shape index (κ1) is 89.2. The van der Waals surface area contributed by atoms with Crippen LogP contribution in [-0.2, 0) is 96.8 Å². The number of thioether (sulfide) groups is 1. The third-order valence-corrected chi connectivity index (χ3v) is 18.7. The third-order valence-electron chi connectivity index (χ3n) is 17.7. The zero-order chi connectivity index (χ0) is 79.2. The molecule has 0 heterocycles. The molecule has 0 saturated carbocycles. The molecular formula is C81H112N8O16S. The van der Waals surface area contributed by atoms with E-state index in [1.807, 2.05) is 62.4 Å². The fraction of sp³-hybridized carbons (Fsp3) is 0.531. The van der Waals surface area contributed by atoms with E-state index in [4.69, 9.17) is 15.2 Å². The van der Waals surface area contributed by atoms with Gasteiger partial charge in [0, 0.05) is 89.0 Å². The van der Waals surface area contributed by atoms with Gasteiger partial charge in [-0.2, -0.15) is 0 Å². The second-order valence-corrected chi connectivity index (χ2v) is 31.2. The van der Waals surface area contributed by atoms with Crippen molar-refractivity contribution in [2.24, 2.45) is 35.3 Å². The van der Waals surface area contributed by atoms with Crippen LogP contribution in [0.15, 0.2) is 121 Å². The Labute approximate surface area is 629 Å². The number of Topliss-reactive ketones (excluding diaryl/α,β-unsaturated/α-hetero) is 5. The normalized spacial score (nSPS) is 14.4. The molecule has 24 nitrogen and oxygen atoms in total. The molecule has 0 unspecified atom stereocenters. The Bertz CT molecular complexity index is 3620. The molecule has 8 amide bonds. The largest absolute Gasteiger partial charge is 0.444 e. The van der Waals surface area contributed by atoms with Crippen molar-refractivity contribution in [1.29, 1.82) is 0 Å². The van der Waals surface area contributed by atoms with Gasteiger partial charge < -0.3 is 51.6 Å². The Kier molecular flexibility index (Phi) is 36.5. The van der Waals surface area contributed by atoms with Gasteiger partial charge in [0.1, 0.15) is 23.7 Å². The van der Waals surface area contributed by atoms with Gasteiger partial charge in [0.05, 0.1) is 36.4 Å². The molecule has 4 aromatic rings. The van der Waals surface area contributed by atoms with Crippen molar-refractivity contribution in [3.63, 3.8) is 0 Å². The number of likely N-dealkylation sites (N-methyl/N-ethyl adjacent to an activating group) is 2. The lowest BCUT2D eigenvalue weighted by molar-refractivity contribution is -0.143. The number of primary amides is 1. The highest BCUT2D eigenvalue weighted by molar-refractivity contribution is 8.12. The summed E-state index contributed by atoms with van der Waals surface area (Å²) in [4.78, 5) is 197. The Morgan fingerprint density at radius 3 is 1.47 bits per heavy atom. The maximum absolute atomic E-state index is 14.9. The number of alkyl carbamates (subject to hydrolysis) is 1. The van der Waals surface area contributed by atoms with Crippen LogP contribution in [0.25, 0.3) is 0 Å². The first-order valence-electron chi connectivity index (χ1n) is 36.3.